The van der Waals surface area contributed by atoms with Gasteiger partial charge in [0.2, 0.25) is 0 Å². The molecule has 1 aliphatic rings. The van der Waals surface area contributed by atoms with Crippen molar-refractivity contribution in [3.8, 4) is 0 Å². The predicted octanol–water partition coefficient (Wildman–Crippen LogP) is 0.745. The SMILES string of the molecule is FCCC1CO1. The molecule has 0 radical (unpaired) electrons. The molecule has 2 heteroatoms. The van der Waals surface area contributed by atoms with Crippen molar-refractivity contribution >= 4 is 0 Å². The molecule has 6 heavy (non-hydrogen) atoms. The van der Waals surface area contributed by atoms with Gasteiger partial charge in [0, 0.05) is 6.42 Å². The minimum atomic E-state index is -0.231. The van der Waals surface area contributed by atoms with Gasteiger partial charge in [0.1, 0.15) is 0 Å². The second-order valence-corrected chi connectivity index (χ2v) is 1.43. The molecule has 0 aliphatic carbocycles. The summed E-state index contributed by atoms with van der Waals surface area (Å²) < 4.78 is 15.9. The summed E-state index contributed by atoms with van der Waals surface area (Å²) in [4.78, 5) is 0. The van der Waals surface area contributed by atoms with Gasteiger partial charge in [-0.15, -0.1) is 0 Å². The average Bonchev–Trinajstić information content (AvgIpc) is 2.21. The Balaban J connectivity index is 1.88. The van der Waals surface area contributed by atoms with Crippen molar-refractivity contribution in [2.24, 2.45) is 0 Å². The average molecular weight is 90.1 g/mol. The van der Waals surface area contributed by atoms with Gasteiger partial charge in [-0.2, -0.15) is 0 Å². The van der Waals surface area contributed by atoms with Crippen molar-refractivity contribution in [1.29, 1.82) is 0 Å². The number of ether oxygens (including phenoxy) is 1. The Hall–Kier alpha value is -0.110. The Kier molecular flexibility index (Phi) is 1.05. The van der Waals surface area contributed by atoms with Gasteiger partial charge in [-0.05, 0) is 0 Å². The third-order valence-electron chi connectivity index (χ3n) is 0.833. The van der Waals surface area contributed by atoms with Crippen LogP contribution in [0.4, 0.5) is 4.39 Å². The summed E-state index contributed by atoms with van der Waals surface area (Å²) in [6.07, 6.45) is 0.870. The highest BCUT2D eigenvalue weighted by atomic mass is 19.1. The molecule has 0 spiro atoms. The van der Waals surface area contributed by atoms with Gasteiger partial charge in [0.15, 0.2) is 0 Å². The molecular formula is C4H7FO. The van der Waals surface area contributed by atoms with Crippen molar-refractivity contribution in [1.82, 2.24) is 0 Å². The summed E-state index contributed by atoms with van der Waals surface area (Å²) >= 11 is 0. The van der Waals surface area contributed by atoms with Gasteiger partial charge in [-0.1, -0.05) is 0 Å². The first-order valence-corrected chi connectivity index (χ1v) is 2.11. The van der Waals surface area contributed by atoms with Crippen LogP contribution in [0.15, 0.2) is 0 Å². The summed E-state index contributed by atoms with van der Waals surface area (Å²) in [7, 11) is 0. The minimum absolute atomic E-state index is 0.231. The Morgan fingerprint density at radius 3 is 2.67 bits per heavy atom. The van der Waals surface area contributed by atoms with Crippen LogP contribution in [0.3, 0.4) is 0 Å². The van der Waals surface area contributed by atoms with Crippen LogP contribution in [0.5, 0.6) is 0 Å². The maximum absolute atomic E-state index is 11.2. The van der Waals surface area contributed by atoms with Gasteiger partial charge in [0.05, 0.1) is 19.4 Å². The van der Waals surface area contributed by atoms with E-state index in [0.717, 1.165) is 6.61 Å². The number of hydrogen-bond acceptors (Lipinski definition) is 1. The zero-order chi connectivity index (χ0) is 4.41. The molecule has 1 atom stereocenters. The third kappa shape index (κ3) is 0.937. The standard InChI is InChI=1S/C4H7FO/c5-2-1-4-3-6-4/h4H,1-3H2. The van der Waals surface area contributed by atoms with E-state index in [2.05, 4.69) is 0 Å². The normalized spacial score (nSPS) is 30.5. The van der Waals surface area contributed by atoms with Crippen molar-refractivity contribution in [2.45, 2.75) is 12.5 Å². The molecule has 1 unspecified atom stereocenters. The number of rotatable bonds is 2. The number of alkyl halides is 1. The summed E-state index contributed by atoms with van der Waals surface area (Å²) in [5, 5.41) is 0. The molecule has 1 saturated heterocycles. The van der Waals surface area contributed by atoms with E-state index >= 15 is 0 Å². The Labute approximate surface area is 36.1 Å². The Bertz CT molecular complexity index is 42.8. The van der Waals surface area contributed by atoms with Crippen LogP contribution >= 0.6 is 0 Å². The van der Waals surface area contributed by atoms with Crippen molar-refractivity contribution in [2.75, 3.05) is 13.3 Å². The van der Waals surface area contributed by atoms with Crippen molar-refractivity contribution < 1.29 is 9.13 Å². The maximum Gasteiger partial charge on any atom is 0.0920 e. The summed E-state index contributed by atoms with van der Waals surface area (Å²) in [5.41, 5.74) is 0. The van der Waals surface area contributed by atoms with E-state index < -0.39 is 0 Å². The molecule has 0 N–H and O–H groups in total. The highest BCUT2D eigenvalue weighted by molar-refractivity contribution is 4.66. The molecule has 1 nitrogen and oxygen atoms in total. The summed E-state index contributed by atoms with van der Waals surface area (Å²) in [6, 6.07) is 0. The fourth-order valence-electron chi connectivity index (χ4n) is 0.356. The van der Waals surface area contributed by atoms with E-state index in [4.69, 9.17) is 4.74 Å². The molecule has 0 aromatic rings. The van der Waals surface area contributed by atoms with Crippen LogP contribution < -0.4 is 0 Å². The Morgan fingerprint density at radius 1 is 1.83 bits per heavy atom. The fourth-order valence-corrected chi connectivity index (χ4v) is 0.356. The second kappa shape index (κ2) is 1.56. The smallest absolute Gasteiger partial charge is 0.0920 e. The van der Waals surface area contributed by atoms with E-state index in [-0.39, 0.29) is 12.8 Å². The van der Waals surface area contributed by atoms with E-state index in [0.29, 0.717) is 6.42 Å². The van der Waals surface area contributed by atoms with Gasteiger partial charge in [0.25, 0.3) is 0 Å². The zero-order valence-electron chi connectivity index (χ0n) is 3.48. The highest BCUT2D eigenvalue weighted by Crippen LogP contribution is 2.12. The molecule has 0 saturated carbocycles. The highest BCUT2D eigenvalue weighted by Gasteiger charge is 2.20. The van der Waals surface area contributed by atoms with Crippen molar-refractivity contribution in [3.05, 3.63) is 0 Å². The lowest BCUT2D eigenvalue weighted by atomic mass is 10.4. The van der Waals surface area contributed by atoms with E-state index in [9.17, 15) is 4.39 Å². The molecule has 1 aliphatic heterocycles. The van der Waals surface area contributed by atoms with Gasteiger partial charge in [-0.25, -0.2) is 0 Å². The zero-order valence-corrected chi connectivity index (χ0v) is 3.48. The first kappa shape index (κ1) is 4.06. The first-order valence-electron chi connectivity index (χ1n) is 2.11. The van der Waals surface area contributed by atoms with E-state index in [1.165, 1.54) is 0 Å². The maximum atomic E-state index is 11.2. The van der Waals surface area contributed by atoms with Crippen LogP contribution in [-0.2, 0) is 4.74 Å². The predicted molar refractivity (Wildman–Crippen MR) is 20.3 cm³/mol. The molecule has 1 fully saturated rings. The van der Waals surface area contributed by atoms with E-state index in [1.807, 2.05) is 0 Å². The molecular weight excluding hydrogens is 83.0 g/mol. The molecule has 0 bridgehead atoms. The van der Waals surface area contributed by atoms with Gasteiger partial charge >= 0.3 is 0 Å². The topological polar surface area (TPSA) is 12.5 Å². The van der Waals surface area contributed by atoms with Crippen LogP contribution in [0, 0.1) is 0 Å². The molecule has 36 valence electrons. The van der Waals surface area contributed by atoms with Crippen LogP contribution in [0.2, 0.25) is 0 Å². The summed E-state index contributed by atoms with van der Waals surface area (Å²) in [6.45, 7) is 0.550. The first-order chi connectivity index (χ1) is 2.93. The third-order valence-corrected chi connectivity index (χ3v) is 0.833. The molecule has 1 heterocycles. The lowest BCUT2D eigenvalue weighted by Gasteiger charge is -1.77. The second-order valence-electron chi connectivity index (χ2n) is 1.43. The quantitative estimate of drug-likeness (QED) is 0.456. The van der Waals surface area contributed by atoms with E-state index in [1.54, 1.807) is 0 Å². The molecule has 0 aromatic carbocycles. The monoisotopic (exact) mass is 90.0 g/mol. The molecule has 0 aromatic heterocycles. The number of halogens is 1. The van der Waals surface area contributed by atoms with Crippen molar-refractivity contribution in [3.63, 3.8) is 0 Å². The van der Waals surface area contributed by atoms with Crippen LogP contribution in [-0.4, -0.2) is 19.4 Å². The fraction of sp³-hybridized carbons (Fsp3) is 1.00. The molecule has 0 amide bonds. The Morgan fingerprint density at radius 2 is 2.50 bits per heavy atom. The minimum Gasteiger partial charge on any atom is -0.373 e. The molecule has 1 rings (SSSR count). The van der Waals surface area contributed by atoms with Crippen LogP contribution in [0.25, 0.3) is 0 Å². The van der Waals surface area contributed by atoms with Gasteiger partial charge in [-0.3, -0.25) is 4.39 Å². The number of epoxide rings is 1. The van der Waals surface area contributed by atoms with Gasteiger partial charge < -0.3 is 4.74 Å². The lowest BCUT2D eigenvalue weighted by Crippen LogP contribution is -1.83. The van der Waals surface area contributed by atoms with Crippen LogP contribution in [0.1, 0.15) is 6.42 Å². The largest absolute Gasteiger partial charge is 0.373 e. The lowest BCUT2D eigenvalue weighted by molar-refractivity contribution is 0.363. The number of hydrogen-bond donors (Lipinski definition) is 0. The summed E-state index contributed by atoms with van der Waals surface area (Å²) in [5.74, 6) is 0.